The number of carbonyl (C=O) groups is 1. The molecular weight excluding hydrogens is 222 g/mol. The molecule has 0 aromatic heterocycles. The summed E-state index contributed by atoms with van der Waals surface area (Å²) < 4.78 is 0. The molecule has 6 N–H and O–H groups in total. The first-order valence-corrected chi connectivity index (χ1v) is 2.08. The standard InChI is InChI=1S/C2H6N4O.Cu.NO3/c3-1(4)6-2(5)7;;2-1(3)4/h(H6,3,4,5,6,7);;/q;;-1. The van der Waals surface area contributed by atoms with Gasteiger partial charge in [-0.2, -0.15) is 0 Å². The van der Waals surface area contributed by atoms with Crippen molar-refractivity contribution in [3.8, 4) is 0 Å². The van der Waals surface area contributed by atoms with E-state index < -0.39 is 17.1 Å². The Labute approximate surface area is 77.2 Å². The molecule has 0 aromatic carbocycles. The number of hydrogen-bond donors (Lipinski definition) is 4. The van der Waals surface area contributed by atoms with Crippen LogP contribution in [0.15, 0.2) is 0 Å². The Kier molecular flexibility index (Phi) is 13.3. The zero-order valence-electron chi connectivity index (χ0n) is 5.54. The Morgan fingerprint density at radius 3 is 1.67 bits per heavy atom. The Bertz CT molecular complexity index is 155. The van der Waals surface area contributed by atoms with Gasteiger partial charge in [0.15, 0.2) is 5.96 Å². The maximum Gasteiger partial charge on any atom is 0.318 e. The Balaban J connectivity index is -0.000000142. The summed E-state index contributed by atoms with van der Waals surface area (Å²) in [4.78, 5) is 18.0. The molecule has 0 aliphatic carbocycles. The predicted molar refractivity (Wildman–Crippen MR) is 35.0 cm³/mol. The van der Waals surface area contributed by atoms with Crippen molar-refractivity contribution in [3.63, 3.8) is 0 Å². The van der Waals surface area contributed by atoms with Crippen LogP contribution in [0.3, 0.4) is 0 Å². The molecule has 0 aliphatic rings. The SMILES string of the molecule is N=C(N)NC(N)=O.O=[N+]([O-])[O-].[Cu]. The Morgan fingerprint density at radius 1 is 1.42 bits per heavy atom. The quantitative estimate of drug-likeness (QED) is 0.127. The molecule has 12 heavy (non-hydrogen) atoms. The smallest absolute Gasteiger partial charge is 0.318 e. The zero-order chi connectivity index (χ0) is 9.44. The summed E-state index contributed by atoms with van der Waals surface area (Å²) in [6.07, 6.45) is 0. The van der Waals surface area contributed by atoms with E-state index in [1.54, 1.807) is 5.32 Å². The largest absolute Gasteiger partial charge is 0.370 e. The van der Waals surface area contributed by atoms with E-state index in [9.17, 15) is 4.79 Å². The third-order valence-corrected chi connectivity index (χ3v) is 0.258. The average molecular weight is 228 g/mol. The summed E-state index contributed by atoms with van der Waals surface area (Å²) in [6, 6.07) is -0.812. The molecule has 0 heterocycles. The van der Waals surface area contributed by atoms with E-state index in [1.807, 2.05) is 0 Å². The molecule has 0 saturated carbocycles. The van der Waals surface area contributed by atoms with E-state index in [0.29, 0.717) is 0 Å². The predicted octanol–water partition coefficient (Wildman–Crippen LogP) is -1.69. The first-order chi connectivity index (χ1) is 4.86. The first-order valence-electron chi connectivity index (χ1n) is 2.08. The monoisotopic (exact) mass is 227 g/mol. The van der Waals surface area contributed by atoms with Crippen LogP contribution in [-0.4, -0.2) is 17.1 Å². The second kappa shape index (κ2) is 9.46. The fourth-order valence-corrected chi connectivity index (χ4v) is 0.133. The number of amides is 2. The van der Waals surface area contributed by atoms with Crippen LogP contribution in [0.1, 0.15) is 0 Å². The average Bonchev–Trinajstić information content (AvgIpc) is 1.56. The van der Waals surface area contributed by atoms with E-state index in [1.165, 1.54) is 0 Å². The van der Waals surface area contributed by atoms with Crippen LogP contribution < -0.4 is 16.8 Å². The maximum absolute atomic E-state index is 9.70. The summed E-state index contributed by atoms with van der Waals surface area (Å²) in [6.45, 7) is 0. The van der Waals surface area contributed by atoms with E-state index in [2.05, 4.69) is 11.5 Å². The zero-order valence-corrected chi connectivity index (χ0v) is 6.48. The molecule has 0 bridgehead atoms. The van der Waals surface area contributed by atoms with Crippen molar-refractivity contribution < 1.29 is 26.9 Å². The number of nitrogens with zero attached hydrogens (tertiary/aromatic N) is 1. The Hall–Kier alpha value is -1.54. The van der Waals surface area contributed by atoms with Gasteiger partial charge in [0, 0.05) is 17.1 Å². The summed E-state index contributed by atoms with van der Waals surface area (Å²) >= 11 is 0. The van der Waals surface area contributed by atoms with E-state index in [-0.39, 0.29) is 17.1 Å². The van der Waals surface area contributed by atoms with E-state index in [4.69, 9.17) is 20.7 Å². The van der Waals surface area contributed by atoms with Gasteiger partial charge in [0.2, 0.25) is 0 Å². The van der Waals surface area contributed by atoms with Gasteiger partial charge in [0.1, 0.15) is 0 Å². The van der Waals surface area contributed by atoms with Gasteiger partial charge < -0.3 is 26.8 Å². The van der Waals surface area contributed by atoms with Crippen molar-refractivity contribution in [2.45, 2.75) is 0 Å². The molecule has 2 amide bonds. The Morgan fingerprint density at radius 2 is 1.67 bits per heavy atom. The molecular formula is C2H6CuN5O4-. The van der Waals surface area contributed by atoms with Crippen molar-refractivity contribution in [1.82, 2.24) is 5.32 Å². The fraction of sp³-hybridized carbons (Fsp3) is 0. The number of rotatable bonds is 0. The van der Waals surface area contributed by atoms with Gasteiger partial charge in [0.05, 0.1) is 5.09 Å². The van der Waals surface area contributed by atoms with E-state index >= 15 is 0 Å². The minimum atomic E-state index is -1.75. The molecule has 0 aliphatic heterocycles. The molecule has 0 fully saturated rings. The van der Waals surface area contributed by atoms with Crippen LogP contribution in [-0.2, 0) is 17.1 Å². The van der Waals surface area contributed by atoms with Gasteiger partial charge in [-0.25, -0.2) is 4.79 Å². The minimum Gasteiger partial charge on any atom is -0.370 e. The fourth-order valence-electron chi connectivity index (χ4n) is 0.133. The molecule has 9 nitrogen and oxygen atoms in total. The van der Waals surface area contributed by atoms with Gasteiger partial charge in [-0.1, -0.05) is 0 Å². The van der Waals surface area contributed by atoms with Crippen LogP contribution in [0.25, 0.3) is 0 Å². The summed E-state index contributed by atoms with van der Waals surface area (Å²) in [5.41, 5.74) is 9.19. The third kappa shape index (κ3) is 77.8. The van der Waals surface area contributed by atoms with Crippen LogP contribution in [0.4, 0.5) is 4.79 Å². The number of carbonyl (C=O) groups excluding carboxylic acids is 1. The van der Waals surface area contributed by atoms with Crippen molar-refractivity contribution in [1.29, 1.82) is 5.41 Å². The summed E-state index contributed by atoms with van der Waals surface area (Å²) in [7, 11) is 0. The van der Waals surface area contributed by atoms with Gasteiger partial charge in [-0.05, 0) is 0 Å². The van der Waals surface area contributed by atoms with Gasteiger partial charge in [0.25, 0.3) is 0 Å². The molecule has 0 atom stereocenters. The van der Waals surface area contributed by atoms with Crippen LogP contribution >= 0.6 is 0 Å². The molecule has 0 rings (SSSR count). The van der Waals surface area contributed by atoms with Crippen molar-refractivity contribution in [2.24, 2.45) is 11.5 Å². The third-order valence-electron chi connectivity index (χ3n) is 0.258. The molecule has 0 unspecified atom stereocenters. The number of nitrogens with one attached hydrogen (secondary N) is 2. The normalized spacial score (nSPS) is 6.33. The summed E-state index contributed by atoms with van der Waals surface area (Å²) in [5.74, 6) is -0.437. The van der Waals surface area contributed by atoms with Gasteiger partial charge >= 0.3 is 6.03 Å². The number of urea groups is 1. The first kappa shape index (κ1) is 16.8. The maximum atomic E-state index is 9.70. The van der Waals surface area contributed by atoms with Crippen LogP contribution in [0, 0.1) is 20.7 Å². The number of nitrogens with two attached hydrogens (primary N) is 2. The minimum absolute atomic E-state index is 0. The topological polar surface area (TPSA) is 171 Å². The van der Waals surface area contributed by atoms with Crippen molar-refractivity contribution in [2.75, 3.05) is 0 Å². The second-order valence-corrected chi connectivity index (χ2v) is 1.13. The summed E-state index contributed by atoms with van der Waals surface area (Å²) in [5, 5.41) is 22.9. The number of guanidine groups is 1. The van der Waals surface area contributed by atoms with Crippen LogP contribution in [0.5, 0.6) is 0 Å². The molecule has 75 valence electrons. The van der Waals surface area contributed by atoms with Crippen molar-refractivity contribution >= 4 is 12.0 Å². The van der Waals surface area contributed by atoms with Gasteiger partial charge in [-0.15, -0.1) is 0 Å². The molecule has 0 saturated heterocycles. The molecule has 0 aromatic rings. The molecule has 0 spiro atoms. The molecule has 10 heteroatoms. The van der Waals surface area contributed by atoms with Crippen molar-refractivity contribution in [3.05, 3.63) is 15.3 Å². The van der Waals surface area contributed by atoms with Gasteiger partial charge in [-0.3, -0.25) is 10.7 Å². The second-order valence-electron chi connectivity index (χ2n) is 1.13. The van der Waals surface area contributed by atoms with Crippen LogP contribution in [0.2, 0.25) is 0 Å². The number of primary amides is 1. The number of hydrogen-bond acceptors (Lipinski definition) is 5. The van der Waals surface area contributed by atoms with E-state index in [0.717, 1.165) is 0 Å². The molecule has 1 radical (unpaired) electrons.